The summed E-state index contributed by atoms with van der Waals surface area (Å²) in [4.78, 5) is 12.3. The minimum Gasteiger partial charge on any atom is -0.376 e. The molecule has 0 amide bonds. The van der Waals surface area contributed by atoms with Crippen molar-refractivity contribution in [1.29, 1.82) is 0 Å². The number of nitrogens with zero attached hydrogens (tertiary/aromatic N) is 3. The van der Waals surface area contributed by atoms with Gasteiger partial charge in [0.25, 0.3) is 0 Å². The first-order valence-corrected chi connectivity index (χ1v) is 7.41. The molecule has 0 spiro atoms. The van der Waals surface area contributed by atoms with Gasteiger partial charge in [-0.05, 0) is 24.3 Å². The Balaban J connectivity index is 1.90. The highest BCUT2D eigenvalue weighted by atomic mass is 32.1. The van der Waals surface area contributed by atoms with Gasteiger partial charge in [-0.15, -0.1) is 11.3 Å². The molecule has 0 radical (unpaired) electrons. The molecule has 2 aromatic heterocycles. The van der Waals surface area contributed by atoms with E-state index < -0.39 is 0 Å². The summed E-state index contributed by atoms with van der Waals surface area (Å²) in [5.41, 5.74) is 0. The van der Waals surface area contributed by atoms with Crippen molar-refractivity contribution in [2.24, 2.45) is 0 Å². The number of rotatable bonds is 4. The molecule has 6 heteroatoms. The summed E-state index contributed by atoms with van der Waals surface area (Å²) in [5.74, 6) is 1.65. The van der Waals surface area contributed by atoms with Crippen LogP contribution in [0.25, 0.3) is 10.2 Å². The van der Waals surface area contributed by atoms with Crippen LogP contribution in [0.1, 0.15) is 12.8 Å². The Kier molecular flexibility index (Phi) is 3.52. The highest BCUT2D eigenvalue weighted by molar-refractivity contribution is 7.16. The Labute approximate surface area is 116 Å². The molecule has 19 heavy (non-hydrogen) atoms. The lowest BCUT2D eigenvalue weighted by molar-refractivity contribution is 0.116. The highest BCUT2D eigenvalue weighted by Crippen LogP contribution is 2.29. The monoisotopic (exact) mass is 278 g/mol. The van der Waals surface area contributed by atoms with Gasteiger partial charge in [0.2, 0.25) is 5.95 Å². The molecule has 1 aliphatic heterocycles. The van der Waals surface area contributed by atoms with Crippen molar-refractivity contribution in [1.82, 2.24) is 9.97 Å². The number of fused-ring (bicyclic) bond motifs is 1. The summed E-state index contributed by atoms with van der Waals surface area (Å²) in [7, 11) is 3.92. The second-order valence-electron chi connectivity index (χ2n) is 4.78. The van der Waals surface area contributed by atoms with E-state index in [2.05, 4.69) is 38.7 Å². The molecule has 2 aromatic rings. The zero-order valence-corrected chi connectivity index (χ0v) is 12.0. The van der Waals surface area contributed by atoms with Gasteiger partial charge in [0.05, 0.1) is 11.5 Å². The van der Waals surface area contributed by atoms with Crippen molar-refractivity contribution in [2.45, 2.75) is 18.9 Å². The van der Waals surface area contributed by atoms with E-state index in [0.717, 1.165) is 42.0 Å². The van der Waals surface area contributed by atoms with Crippen molar-refractivity contribution in [2.75, 3.05) is 37.5 Å². The van der Waals surface area contributed by atoms with Gasteiger partial charge in [-0.3, -0.25) is 0 Å². The summed E-state index contributed by atoms with van der Waals surface area (Å²) >= 11 is 1.64. The molecule has 102 valence electrons. The lowest BCUT2D eigenvalue weighted by Crippen LogP contribution is -2.29. The lowest BCUT2D eigenvalue weighted by atomic mass is 10.2. The Morgan fingerprint density at radius 2 is 2.42 bits per heavy atom. The molecule has 0 aliphatic carbocycles. The molecule has 0 aromatic carbocycles. The van der Waals surface area contributed by atoms with E-state index in [4.69, 9.17) is 4.74 Å². The van der Waals surface area contributed by atoms with E-state index in [-0.39, 0.29) is 0 Å². The number of likely N-dealkylation sites (N-methyl/N-ethyl adjacent to an activating group) is 1. The van der Waals surface area contributed by atoms with E-state index in [9.17, 15) is 0 Å². The van der Waals surface area contributed by atoms with Crippen LogP contribution in [0, 0.1) is 0 Å². The Hall–Kier alpha value is -1.40. The fraction of sp³-hybridized carbons (Fsp3) is 0.538. The van der Waals surface area contributed by atoms with Gasteiger partial charge in [0.15, 0.2) is 0 Å². The van der Waals surface area contributed by atoms with Crippen molar-refractivity contribution >= 4 is 33.3 Å². The van der Waals surface area contributed by atoms with Crippen LogP contribution in [0.15, 0.2) is 11.4 Å². The van der Waals surface area contributed by atoms with Crippen LogP contribution in [0.4, 0.5) is 11.8 Å². The van der Waals surface area contributed by atoms with E-state index in [1.165, 1.54) is 0 Å². The molecule has 3 rings (SSSR count). The van der Waals surface area contributed by atoms with Crippen molar-refractivity contribution in [3.8, 4) is 0 Å². The molecule has 0 bridgehead atoms. The fourth-order valence-corrected chi connectivity index (χ4v) is 3.18. The van der Waals surface area contributed by atoms with Gasteiger partial charge in [-0.2, -0.15) is 4.98 Å². The highest BCUT2D eigenvalue weighted by Gasteiger charge is 2.20. The van der Waals surface area contributed by atoms with Gasteiger partial charge in [-0.1, -0.05) is 0 Å². The SMILES string of the molecule is CNc1nc(N(C)CC2CCCO2)c2ccsc2n1. The van der Waals surface area contributed by atoms with Crippen LogP contribution in [-0.2, 0) is 4.74 Å². The zero-order valence-electron chi connectivity index (χ0n) is 11.2. The number of ether oxygens (including phenoxy) is 1. The van der Waals surface area contributed by atoms with Crippen LogP contribution in [0.3, 0.4) is 0 Å². The normalized spacial score (nSPS) is 18.9. The predicted molar refractivity (Wildman–Crippen MR) is 79.2 cm³/mol. The van der Waals surface area contributed by atoms with E-state index >= 15 is 0 Å². The molecular weight excluding hydrogens is 260 g/mol. The van der Waals surface area contributed by atoms with Gasteiger partial charge in [0, 0.05) is 27.2 Å². The smallest absolute Gasteiger partial charge is 0.225 e. The minimum atomic E-state index is 0.326. The van der Waals surface area contributed by atoms with Gasteiger partial charge in [-0.25, -0.2) is 4.98 Å². The molecule has 1 fully saturated rings. The summed E-state index contributed by atoms with van der Waals surface area (Å²) in [6.45, 7) is 1.77. The molecule has 1 aliphatic rings. The minimum absolute atomic E-state index is 0.326. The summed E-state index contributed by atoms with van der Waals surface area (Å²) in [5, 5.41) is 6.20. The van der Waals surface area contributed by atoms with E-state index in [1.807, 2.05) is 7.05 Å². The number of thiophene rings is 1. The van der Waals surface area contributed by atoms with Gasteiger partial charge in [0.1, 0.15) is 10.6 Å². The first kappa shape index (κ1) is 12.6. The second-order valence-corrected chi connectivity index (χ2v) is 5.67. The van der Waals surface area contributed by atoms with Gasteiger partial charge >= 0.3 is 0 Å². The molecule has 1 unspecified atom stereocenters. The van der Waals surface area contributed by atoms with E-state index in [1.54, 1.807) is 11.3 Å². The first-order chi connectivity index (χ1) is 9.28. The molecule has 1 N–H and O–H groups in total. The third-order valence-corrected chi connectivity index (χ3v) is 4.20. The topological polar surface area (TPSA) is 50.3 Å². The lowest BCUT2D eigenvalue weighted by Gasteiger charge is -2.22. The maximum absolute atomic E-state index is 5.70. The van der Waals surface area contributed by atoms with Crippen molar-refractivity contribution in [3.05, 3.63) is 11.4 Å². The van der Waals surface area contributed by atoms with Crippen LogP contribution in [0.5, 0.6) is 0 Å². The number of aromatic nitrogens is 2. The molecular formula is C13H18N4OS. The number of hydrogen-bond donors (Lipinski definition) is 1. The maximum atomic E-state index is 5.70. The Morgan fingerprint density at radius 1 is 1.53 bits per heavy atom. The standard InChI is InChI=1S/C13H18N4OS/c1-14-13-15-11(10-5-7-19-12(10)16-13)17(2)8-9-4-3-6-18-9/h5,7,9H,3-4,6,8H2,1-2H3,(H,14,15,16). The average Bonchev–Trinajstić information content (AvgIpc) is 3.07. The maximum Gasteiger partial charge on any atom is 0.225 e. The number of nitrogens with one attached hydrogen (secondary N) is 1. The number of anilines is 2. The van der Waals surface area contributed by atoms with Crippen LogP contribution < -0.4 is 10.2 Å². The fourth-order valence-electron chi connectivity index (χ4n) is 2.42. The second kappa shape index (κ2) is 5.30. The quantitative estimate of drug-likeness (QED) is 0.930. The average molecular weight is 278 g/mol. The van der Waals surface area contributed by atoms with Crippen molar-refractivity contribution < 1.29 is 4.74 Å². The number of hydrogen-bond acceptors (Lipinski definition) is 6. The largest absolute Gasteiger partial charge is 0.376 e. The van der Waals surface area contributed by atoms with Gasteiger partial charge < -0.3 is 15.0 Å². The van der Waals surface area contributed by atoms with Crippen molar-refractivity contribution in [3.63, 3.8) is 0 Å². The Morgan fingerprint density at radius 3 is 3.16 bits per heavy atom. The molecule has 1 atom stereocenters. The van der Waals surface area contributed by atoms with Crippen LogP contribution in [-0.4, -0.2) is 43.3 Å². The third kappa shape index (κ3) is 2.50. The molecule has 0 saturated carbocycles. The first-order valence-electron chi connectivity index (χ1n) is 6.53. The third-order valence-electron chi connectivity index (χ3n) is 3.39. The molecule has 3 heterocycles. The Bertz CT molecular complexity index is 565. The molecule has 5 nitrogen and oxygen atoms in total. The summed E-state index contributed by atoms with van der Waals surface area (Å²) < 4.78 is 5.70. The van der Waals surface area contributed by atoms with E-state index in [0.29, 0.717) is 12.1 Å². The molecule has 1 saturated heterocycles. The van der Waals surface area contributed by atoms with Crippen LogP contribution >= 0.6 is 11.3 Å². The summed E-state index contributed by atoms with van der Waals surface area (Å²) in [6, 6.07) is 2.08. The predicted octanol–water partition coefficient (Wildman–Crippen LogP) is 2.35. The zero-order chi connectivity index (χ0) is 13.2. The summed E-state index contributed by atoms with van der Waals surface area (Å²) in [6.07, 6.45) is 2.63. The van der Waals surface area contributed by atoms with Crippen LogP contribution in [0.2, 0.25) is 0 Å².